The molecule has 2 heterocycles. The van der Waals surface area contributed by atoms with Gasteiger partial charge in [-0.15, -0.1) is 0 Å². The molecule has 1 aromatic heterocycles. The van der Waals surface area contributed by atoms with Crippen LogP contribution in [0.25, 0.3) is 6.08 Å². The molecule has 3 amide bonds. The van der Waals surface area contributed by atoms with Crippen LogP contribution in [0.5, 0.6) is 5.75 Å². The van der Waals surface area contributed by atoms with Gasteiger partial charge in [-0.25, -0.2) is 14.0 Å². The van der Waals surface area contributed by atoms with Crippen molar-refractivity contribution in [1.82, 2.24) is 10.2 Å². The minimum atomic E-state index is -0.677. The molecule has 1 fully saturated rings. The molecule has 0 spiro atoms. The molecule has 3 aromatic rings. The first-order valence-corrected chi connectivity index (χ1v) is 11.3. The molecule has 0 saturated carbocycles. The molecular formula is C24H17BrClFN2O6. The zero-order valence-electron chi connectivity index (χ0n) is 18.1. The highest BCUT2D eigenvalue weighted by molar-refractivity contribution is 9.10. The topological polar surface area (TPSA) is 98.1 Å². The van der Waals surface area contributed by atoms with Crippen LogP contribution in [0, 0.1) is 5.82 Å². The molecule has 1 saturated heterocycles. The number of benzene rings is 2. The number of rotatable bonds is 7. The SMILES string of the molecule is COC(=O)c1ccc(CN2C(=O)N/C(=C\c3cc(Cl)cc(Br)c3OCc3ccccc3F)C2=O)o1. The van der Waals surface area contributed by atoms with Crippen LogP contribution in [0.4, 0.5) is 9.18 Å². The van der Waals surface area contributed by atoms with Gasteiger partial charge < -0.3 is 19.2 Å². The van der Waals surface area contributed by atoms with E-state index < -0.39 is 23.7 Å². The summed E-state index contributed by atoms with van der Waals surface area (Å²) >= 11 is 9.56. The van der Waals surface area contributed by atoms with Crippen LogP contribution in [-0.2, 0) is 22.7 Å². The Balaban J connectivity index is 1.57. The standard InChI is InChI=1S/C24H17BrClFN2O6/c1-33-23(31)20-7-6-16(35-20)11-29-22(30)19(28-24(29)32)9-14-8-15(26)10-17(25)21(14)34-12-13-4-2-3-5-18(13)27/h2-10H,11-12H2,1H3,(H,28,32)/b19-9-. The van der Waals surface area contributed by atoms with Gasteiger partial charge >= 0.3 is 12.0 Å². The minimum Gasteiger partial charge on any atom is -0.487 e. The number of ether oxygens (including phenoxy) is 2. The number of esters is 1. The maximum Gasteiger partial charge on any atom is 0.373 e. The van der Waals surface area contributed by atoms with E-state index in [1.54, 1.807) is 30.3 Å². The summed E-state index contributed by atoms with van der Waals surface area (Å²) in [6.45, 7) is -0.272. The Kier molecular flexibility index (Phi) is 7.23. The van der Waals surface area contributed by atoms with E-state index in [2.05, 4.69) is 26.0 Å². The lowest BCUT2D eigenvalue weighted by atomic mass is 10.1. The summed E-state index contributed by atoms with van der Waals surface area (Å²) in [5.41, 5.74) is 0.700. The highest BCUT2D eigenvalue weighted by atomic mass is 79.9. The molecule has 11 heteroatoms. The van der Waals surface area contributed by atoms with Gasteiger partial charge in [0.05, 0.1) is 18.1 Å². The largest absolute Gasteiger partial charge is 0.487 e. The molecule has 8 nitrogen and oxygen atoms in total. The van der Waals surface area contributed by atoms with Crippen molar-refractivity contribution >= 4 is 51.5 Å². The molecule has 2 aromatic carbocycles. The first kappa shape index (κ1) is 24.5. The number of halogens is 3. The van der Waals surface area contributed by atoms with Gasteiger partial charge in [-0.3, -0.25) is 9.69 Å². The number of urea groups is 1. The lowest BCUT2D eigenvalue weighted by Gasteiger charge is -2.13. The van der Waals surface area contributed by atoms with Crippen LogP contribution in [0.1, 0.15) is 27.4 Å². The third kappa shape index (κ3) is 5.39. The number of nitrogens with one attached hydrogen (secondary N) is 1. The molecule has 1 N–H and O–H groups in total. The van der Waals surface area contributed by atoms with Gasteiger partial charge in [0.25, 0.3) is 5.91 Å². The van der Waals surface area contributed by atoms with Crippen molar-refractivity contribution in [2.24, 2.45) is 0 Å². The molecule has 0 aliphatic carbocycles. The molecule has 1 aliphatic heterocycles. The summed E-state index contributed by atoms with van der Waals surface area (Å²) in [5.74, 6) is -1.25. The number of furan rings is 1. The van der Waals surface area contributed by atoms with E-state index in [1.165, 1.54) is 31.4 Å². The van der Waals surface area contributed by atoms with Gasteiger partial charge in [0, 0.05) is 16.1 Å². The average Bonchev–Trinajstić information content (AvgIpc) is 3.39. The molecule has 0 radical (unpaired) electrons. The Morgan fingerprint density at radius 1 is 1.23 bits per heavy atom. The number of carbonyl (C=O) groups is 3. The quantitative estimate of drug-likeness (QED) is 0.238. The summed E-state index contributed by atoms with van der Waals surface area (Å²) in [7, 11) is 1.21. The summed E-state index contributed by atoms with van der Waals surface area (Å²) in [4.78, 5) is 37.9. The molecule has 0 atom stereocenters. The predicted octanol–water partition coefficient (Wildman–Crippen LogP) is 5.29. The minimum absolute atomic E-state index is 0.0281. The molecule has 180 valence electrons. The van der Waals surface area contributed by atoms with Crippen molar-refractivity contribution < 1.29 is 32.7 Å². The molecule has 0 bridgehead atoms. The fraction of sp³-hybridized carbons (Fsp3) is 0.125. The normalized spacial score (nSPS) is 14.4. The number of carbonyl (C=O) groups excluding carboxylic acids is 3. The van der Waals surface area contributed by atoms with Gasteiger partial charge in [0.1, 0.15) is 29.6 Å². The maximum absolute atomic E-state index is 14.0. The first-order valence-electron chi connectivity index (χ1n) is 10.1. The van der Waals surface area contributed by atoms with E-state index in [0.29, 0.717) is 26.4 Å². The van der Waals surface area contributed by atoms with Crippen molar-refractivity contribution in [1.29, 1.82) is 0 Å². The Labute approximate surface area is 212 Å². The zero-order valence-corrected chi connectivity index (χ0v) is 20.5. The Morgan fingerprint density at radius 2 is 2.00 bits per heavy atom. The molecule has 35 heavy (non-hydrogen) atoms. The maximum atomic E-state index is 14.0. The lowest BCUT2D eigenvalue weighted by Crippen LogP contribution is -2.30. The summed E-state index contributed by atoms with van der Waals surface area (Å²) in [5, 5.41) is 2.85. The van der Waals surface area contributed by atoms with Gasteiger partial charge in [-0.1, -0.05) is 29.8 Å². The monoisotopic (exact) mass is 562 g/mol. The third-order valence-corrected chi connectivity index (χ3v) is 5.80. The predicted molar refractivity (Wildman–Crippen MR) is 127 cm³/mol. The van der Waals surface area contributed by atoms with E-state index in [-0.39, 0.29) is 30.4 Å². The second-order valence-corrected chi connectivity index (χ2v) is 8.61. The Hall–Kier alpha value is -3.63. The number of hydrogen-bond acceptors (Lipinski definition) is 6. The second kappa shape index (κ2) is 10.3. The van der Waals surface area contributed by atoms with Crippen LogP contribution in [-0.4, -0.2) is 29.9 Å². The van der Waals surface area contributed by atoms with Crippen molar-refractivity contribution in [2.75, 3.05) is 7.11 Å². The zero-order chi connectivity index (χ0) is 25.1. The van der Waals surface area contributed by atoms with E-state index in [0.717, 1.165) is 4.90 Å². The highest BCUT2D eigenvalue weighted by Gasteiger charge is 2.34. The first-order chi connectivity index (χ1) is 16.8. The Morgan fingerprint density at radius 3 is 2.74 bits per heavy atom. The number of amides is 3. The Bertz CT molecular complexity index is 1360. The van der Waals surface area contributed by atoms with E-state index in [9.17, 15) is 18.8 Å². The molecule has 4 rings (SSSR count). The van der Waals surface area contributed by atoms with Crippen LogP contribution in [0.3, 0.4) is 0 Å². The van der Waals surface area contributed by atoms with Gasteiger partial charge in [-0.2, -0.15) is 0 Å². The van der Waals surface area contributed by atoms with Crippen molar-refractivity contribution in [3.8, 4) is 5.75 Å². The highest BCUT2D eigenvalue weighted by Crippen LogP contribution is 2.35. The number of hydrogen-bond donors (Lipinski definition) is 1. The van der Waals surface area contributed by atoms with Gasteiger partial charge in [0.15, 0.2) is 0 Å². The smallest absolute Gasteiger partial charge is 0.373 e. The summed E-state index contributed by atoms with van der Waals surface area (Å²) in [6.07, 6.45) is 1.41. The lowest BCUT2D eigenvalue weighted by molar-refractivity contribution is -0.123. The van der Waals surface area contributed by atoms with Crippen LogP contribution < -0.4 is 10.1 Å². The molecule has 0 unspecified atom stereocenters. The van der Waals surface area contributed by atoms with E-state index >= 15 is 0 Å². The van der Waals surface area contributed by atoms with Crippen molar-refractivity contribution in [3.05, 3.63) is 92.2 Å². The van der Waals surface area contributed by atoms with Crippen LogP contribution in [0.2, 0.25) is 5.02 Å². The molecule has 1 aliphatic rings. The van der Waals surface area contributed by atoms with Gasteiger partial charge in [0.2, 0.25) is 5.76 Å². The van der Waals surface area contributed by atoms with Crippen molar-refractivity contribution in [3.63, 3.8) is 0 Å². The van der Waals surface area contributed by atoms with E-state index in [4.69, 9.17) is 20.8 Å². The fourth-order valence-electron chi connectivity index (χ4n) is 3.30. The summed E-state index contributed by atoms with van der Waals surface area (Å²) in [6, 6.07) is 11.5. The average molecular weight is 564 g/mol. The van der Waals surface area contributed by atoms with E-state index in [1.807, 2.05) is 0 Å². The van der Waals surface area contributed by atoms with Crippen molar-refractivity contribution in [2.45, 2.75) is 13.2 Å². The van der Waals surface area contributed by atoms with Crippen LogP contribution >= 0.6 is 27.5 Å². The molecular weight excluding hydrogens is 547 g/mol. The summed E-state index contributed by atoms with van der Waals surface area (Å²) < 4.78 is 30.2. The van der Waals surface area contributed by atoms with Crippen LogP contribution in [0.15, 0.2) is 63.1 Å². The van der Waals surface area contributed by atoms with Gasteiger partial charge in [-0.05, 0) is 52.3 Å². The number of methoxy groups -OCH3 is 1. The third-order valence-electron chi connectivity index (χ3n) is 4.99. The number of nitrogens with zero attached hydrogens (tertiary/aromatic N) is 1. The second-order valence-electron chi connectivity index (χ2n) is 7.32. The fourth-order valence-corrected chi connectivity index (χ4v) is 4.25. The number of imide groups is 1.